The summed E-state index contributed by atoms with van der Waals surface area (Å²) in [6, 6.07) is 3.66. The molecular weight excluding hydrogens is 363 g/mol. The number of amides is 1. The number of aromatic nitrogens is 4. The Morgan fingerprint density at radius 1 is 1.30 bits per heavy atom. The average Bonchev–Trinajstić information content (AvgIpc) is 3.11. The Labute approximate surface area is 153 Å². The number of carbonyl (C=O) groups is 1. The van der Waals surface area contributed by atoms with Gasteiger partial charge in [-0.1, -0.05) is 11.3 Å². The van der Waals surface area contributed by atoms with Crippen molar-refractivity contribution in [2.24, 2.45) is 0 Å². The first kappa shape index (κ1) is 19.2. The summed E-state index contributed by atoms with van der Waals surface area (Å²) in [5, 5.41) is 12.9. The Bertz CT molecular complexity index is 744. The average molecular weight is 383 g/mol. The van der Waals surface area contributed by atoms with Crippen molar-refractivity contribution in [3.8, 4) is 0 Å². The zero-order chi connectivity index (χ0) is 19.3. The lowest BCUT2D eigenvalue weighted by atomic mass is 10.2. The van der Waals surface area contributed by atoms with E-state index >= 15 is 0 Å². The topological polar surface area (TPSA) is 88.0 Å². The summed E-state index contributed by atoms with van der Waals surface area (Å²) in [7, 11) is 0. The second kappa shape index (κ2) is 8.44. The highest BCUT2D eigenvalue weighted by molar-refractivity contribution is 5.91. The Kier molecular flexibility index (Phi) is 6.01. The van der Waals surface area contributed by atoms with Crippen molar-refractivity contribution >= 4 is 5.91 Å². The first-order valence-corrected chi connectivity index (χ1v) is 8.53. The van der Waals surface area contributed by atoms with Gasteiger partial charge in [-0.05, 0) is 12.1 Å². The van der Waals surface area contributed by atoms with Crippen molar-refractivity contribution in [1.82, 2.24) is 35.5 Å². The van der Waals surface area contributed by atoms with Gasteiger partial charge in [0.15, 0.2) is 5.69 Å². The maximum atomic E-state index is 13.4. The van der Waals surface area contributed by atoms with Crippen LogP contribution in [0.5, 0.6) is 0 Å². The van der Waals surface area contributed by atoms with Crippen LogP contribution >= 0.6 is 0 Å². The molecule has 1 saturated heterocycles. The fourth-order valence-electron chi connectivity index (χ4n) is 2.86. The maximum Gasteiger partial charge on any atom is 0.405 e. The van der Waals surface area contributed by atoms with Crippen LogP contribution in [0.4, 0.5) is 13.2 Å². The van der Waals surface area contributed by atoms with E-state index in [9.17, 15) is 18.0 Å². The molecule has 3 heterocycles. The van der Waals surface area contributed by atoms with E-state index in [0.717, 1.165) is 5.69 Å². The molecule has 1 aliphatic heterocycles. The predicted octanol–water partition coefficient (Wildman–Crippen LogP) is 0.287. The molecule has 11 heteroatoms. The molecule has 8 nitrogen and oxygen atoms in total. The molecule has 0 saturated carbocycles. The zero-order valence-corrected chi connectivity index (χ0v) is 14.5. The molecular formula is C16H20F3N7O. The van der Waals surface area contributed by atoms with E-state index in [1.54, 1.807) is 18.3 Å². The van der Waals surface area contributed by atoms with Crippen LogP contribution < -0.4 is 10.6 Å². The lowest BCUT2D eigenvalue weighted by Gasteiger charge is -2.35. The van der Waals surface area contributed by atoms with Gasteiger partial charge in [-0.15, -0.1) is 5.10 Å². The third-order valence-electron chi connectivity index (χ3n) is 4.25. The normalized spacial score (nSPS) is 16.9. The molecule has 2 N–H and O–H groups in total. The van der Waals surface area contributed by atoms with Crippen molar-refractivity contribution < 1.29 is 18.0 Å². The van der Waals surface area contributed by atoms with E-state index < -0.39 is 24.7 Å². The van der Waals surface area contributed by atoms with Crippen molar-refractivity contribution in [3.05, 3.63) is 42.0 Å². The highest BCUT2D eigenvalue weighted by Crippen LogP contribution is 2.24. The van der Waals surface area contributed by atoms with Crippen LogP contribution in [0.25, 0.3) is 0 Å². The standard InChI is InChI=1S/C16H20F3N7O/c17-16(18,19)14(25-7-5-20-6-8-25)9-22-15(27)13-11-26(24-23-13)10-12-3-1-2-4-21-12/h1-4,11,14,20H,5-10H2,(H,22,27). The summed E-state index contributed by atoms with van der Waals surface area (Å²) in [5.41, 5.74) is 0.692. The highest BCUT2D eigenvalue weighted by atomic mass is 19.4. The molecule has 0 bridgehead atoms. The molecule has 0 aliphatic carbocycles. The number of piperazine rings is 1. The smallest absolute Gasteiger partial charge is 0.349 e. The molecule has 2 aromatic rings. The quantitative estimate of drug-likeness (QED) is 0.746. The molecule has 0 aromatic carbocycles. The molecule has 0 spiro atoms. The molecule has 1 atom stereocenters. The van der Waals surface area contributed by atoms with Gasteiger partial charge in [0.05, 0.1) is 18.4 Å². The van der Waals surface area contributed by atoms with Crippen LogP contribution in [0.3, 0.4) is 0 Å². The summed E-state index contributed by atoms with van der Waals surface area (Å²) >= 11 is 0. The molecule has 1 fully saturated rings. The van der Waals surface area contributed by atoms with Gasteiger partial charge in [0.2, 0.25) is 0 Å². The maximum absolute atomic E-state index is 13.4. The minimum Gasteiger partial charge on any atom is -0.349 e. The first-order valence-electron chi connectivity index (χ1n) is 8.53. The highest BCUT2D eigenvalue weighted by Gasteiger charge is 2.43. The number of halogens is 3. The lowest BCUT2D eigenvalue weighted by molar-refractivity contribution is -0.183. The zero-order valence-electron chi connectivity index (χ0n) is 14.5. The van der Waals surface area contributed by atoms with Crippen molar-refractivity contribution in [3.63, 3.8) is 0 Å². The van der Waals surface area contributed by atoms with E-state index in [4.69, 9.17) is 0 Å². The van der Waals surface area contributed by atoms with Crippen LogP contribution in [0.1, 0.15) is 16.2 Å². The Morgan fingerprint density at radius 2 is 2.07 bits per heavy atom. The molecule has 1 aliphatic rings. The number of rotatable bonds is 6. The number of carbonyl (C=O) groups excluding carboxylic acids is 1. The third kappa shape index (κ3) is 5.23. The number of pyridine rings is 1. The van der Waals surface area contributed by atoms with Crippen molar-refractivity contribution in [2.45, 2.75) is 18.8 Å². The third-order valence-corrected chi connectivity index (χ3v) is 4.25. The summed E-state index contributed by atoms with van der Waals surface area (Å²) < 4.78 is 41.5. The number of hydrogen-bond donors (Lipinski definition) is 2. The van der Waals surface area contributed by atoms with Gasteiger partial charge >= 0.3 is 6.18 Å². The van der Waals surface area contributed by atoms with Crippen LogP contribution in [0.15, 0.2) is 30.6 Å². The lowest BCUT2D eigenvalue weighted by Crippen LogP contribution is -2.57. The van der Waals surface area contributed by atoms with E-state index in [1.807, 2.05) is 6.07 Å². The molecule has 1 amide bonds. The number of alkyl halides is 3. The Hall–Kier alpha value is -2.53. The van der Waals surface area contributed by atoms with E-state index in [-0.39, 0.29) is 18.8 Å². The van der Waals surface area contributed by atoms with E-state index in [2.05, 4.69) is 25.9 Å². The molecule has 0 radical (unpaired) electrons. The van der Waals surface area contributed by atoms with Gasteiger partial charge in [0.25, 0.3) is 5.91 Å². The number of nitrogens with zero attached hydrogens (tertiary/aromatic N) is 5. The van der Waals surface area contributed by atoms with Gasteiger partial charge in [-0.3, -0.25) is 14.7 Å². The monoisotopic (exact) mass is 383 g/mol. The molecule has 2 aromatic heterocycles. The second-order valence-electron chi connectivity index (χ2n) is 6.18. The summed E-state index contributed by atoms with van der Waals surface area (Å²) in [4.78, 5) is 17.7. The largest absolute Gasteiger partial charge is 0.405 e. The molecule has 27 heavy (non-hydrogen) atoms. The van der Waals surface area contributed by atoms with E-state index in [0.29, 0.717) is 19.6 Å². The van der Waals surface area contributed by atoms with Crippen molar-refractivity contribution in [1.29, 1.82) is 0 Å². The van der Waals surface area contributed by atoms with Crippen LogP contribution in [0.2, 0.25) is 0 Å². The minimum atomic E-state index is -4.43. The molecule has 146 valence electrons. The fraction of sp³-hybridized carbons (Fsp3) is 0.500. The van der Waals surface area contributed by atoms with Gasteiger partial charge in [0, 0.05) is 38.9 Å². The van der Waals surface area contributed by atoms with Crippen LogP contribution in [-0.2, 0) is 6.54 Å². The van der Waals surface area contributed by atoms with Gasteiger partial charge < -0.3 is 10.6 Å². The first-order chi connectivity index (χ1) is 12.9. The number of hydrogen-bond acceptors (Lipinski definition) is 6. The Morgan fingerprint density at radius 3 is 2.74 bits per heavy atom. The summed E-state index contributed by atoms with van der Waals surface area (Å²) in [6.07, 6.45) is -1.41. The second-order valence-corrected chi connectivity index (χ2v) is 6.18. The summed E-state index contributed by atoms with van der Waals surface area (Å²) in [5.74, 6) is -0.688. The van der Waals surface area contributed by atoms with Crippen molar-refractivity contribution in [2.75, 3.05) is 32.7 Å². The fourth-order valence-corrected chi connectivity index (χ4v) is 2.86. The van der Waals surface area contributed by atoms with Gasteiger partial charge in [-0.25, -0.2) is 4.68 Å². The van der Waals surface area contributed by atoms with Crippen LogP contribution in [-0.4, -0.2) is 75.7 Å². The molecule has 3 rings (SSSR count). The minimum absolute atomic E-state index is 0.0350. The van der Waals surface area contributed by atoms with Crippen LogP contribution in [0, 0.1) is 0 Å². The summed E-state index contributed by atoms with van der Waals surface area (Å²) in [6.45, 7) is 1.31. The van der Waals surface area contributed by atoms with E-state index in [1.165, 1.54) is 15.8 Å². The molecule has 1 unspecified atom stereocenters. The van der Waals surface area contributed by atoms with Gasteiger partial charge in [0.1, 0.15) is 6.04 Å². The van der Waals surface area contributed by atoms with Gasteiger partial charge in [-0.2, -0.15) is 13.2 Å². The SMILES string of the molecule is O=C(NCC(N1CCNCC1)C(F)(F)F)c1cn(Cc2ccccn2)nn1. The number of nitrogens with one attached hydrogen (secondary N) is 2. The Balaban J connectivity index is 1.59. The predicted molar refractivity (Wildman–Crippen MR) is 90.0 cm³/mol.